The Balaban J connectivity index is 2.93. The summed E-state index contributed by atoms with van der Waals surface area (Å²) in [5, 5.41) is 37.1. The lowest BCUT2D eigenvalue weighted by Crippen LogP contribution is -2.34. The Morgan fingerprint density at radius 3 is 2.41 bits per heavy atom. The fourth-order valence-corrected chi connectivity index (χ4v) is 1.61. The highest BCUT2D eigenvalue weighted by Gasteiger charge is 2.27. The minimum atomic E-state index is -1.52. The smallest absolute Gasteiger partial charge is 0.161 e. The van der Waals surface area contributed by atoms with Gasteiger partial charge in [-0.05, 0) is 19.9 Å². The van der Waals surface area contributed by atoms with Crippen molar-refractivity contribution in [3.8, 4) is 0 Å². The molecule has 0 bridgehead atoms. The first-order chi connectivity index (χ1) is 7.88. The molecule has 6 nitrogen and oxygen atoms in total. The van der Waals surface area contributed by atoms with Crippen molar-refractivity contribution >= 4 is 5.78 Å². The van der Waals surface area contributed by atoms with Gasteiger partial charge in [0.25, 0.3) is 0 Å². The van der Waals surface area contributed by atoms with E-state index in [1.807, 2.05) is 0 Å². The first kappa shape index (κ1) is 13.9. The number of hydrogen-bond donors (Lipinski definition) is 5. The number of aromatic amines is 1. The highest BCUT2D eigenvalue weighted by atomic mass is 16.4. The molecule has 96 valence electrons. The second-order valence-electron chi connectivity index (χ2n) is 4.00. The van der Waals surface area contributed by atoms with E-state index in [0.717, 1.165) is 0 Å². The number of Topliss-reactive ketones (excluding diaryl/α,β-unsaturated/α-hetero) is 1. The molecule has 1 rings (SSSR count). The van der Waals surface area contributed by atoms with Crippen molar-refractivity contribution in [2.75, 3.05) is 6.61 Å². The van der Waals surface area contributed by atoms with Crippen LogP contribution < -0.4 is 0 Å². The van der Waals surface area contributed by atoms with Gasteiger partial charge in [0.05, 0.1) is 6.61 Å². The van der Waals surface area contributed by atoms with E-state index in [1.165, 1.54) is 13.0 Å². The summed E-state index contributed by atoms with van der Waals surface area (Å²) >= 11 is 0. The molecule has 6 heteroatoms. The number of aryl methyl sites for hydroxylation is 1. The fraction of sp³-hybridized carbons (Fsp3) is 0.545. The molecule has 3 atom stereocenters. The number of aromatic nitrogens is 1. The van der Waals surface area contributed by atoms with Crippen LogP contribution in [0.4, 0.5) is 0 Å². The highest BCUT2D eigenvalue weighted by molar-refractivity contribution is 5.95. The Morgan fingerprint density at radius 1 is 1.41 bits per heavy atom. The normalized spacial score (nSPS) is 16.6. The molecule has 0 aliphatic rings. The zero-order valence-electron chi connectivity index (χ0n) is 9.71. The van der Waals surface area contributed by atoms with Crippen LogP contribution in [0, 0.1) is 6.92 Å². The monoisotopic (exact) mass is 243 g/mol. The van der Waals surface area contributed by atoms with Gasteiger partial charge < -0.3 is 25.4 Å². The lowest BCUT2D eigenvalue weighted by molar-refractivity contribution is -0.0788. The predicted molar refractivity (Wildman–Crippen MR) is 59.6 cm³/mol. The van der Waals surface area contributed by atoms with Gasteiger partial charge in [-0.25, -0.2) is 0 Å². The summed E-state index contributed by atoms with van der Waals surface area (Å²) in [4.78, 5) is 14.0. The van der Waals surface area contributed by atoms with Gasteiger partial charge >= 0.3 is 0 Å². The standard InChI is InChI=1S/C11H17NO5/c1-5-7(6(2)14)3-8(12-5)10(16)11(17)9(15)4-13/h3,9-13,15-17H,4H2,1-2H3/t9-,10-,11-/m1/s1. The number of hydrogen-bond acceptors (Lipinski definition) is 5. The SMILES string of the molecule is CC(=O)c1cc([C@@H](O)[C@H](O)[C@H](O)CO)[nH]c1C. The number of aliphatic hydroxyl groups is 4. The number of rotatable bonds is 5. The van der Waals surface area contributed by atoms with Crippen molar-refractivity contribution in [2.45, 2.75) is 32.2 Å². The molecule has 0 aliphatic heterocycles. The van der Waals surface area contributed by atoms with Gasteiger partial charge in [0.1, 0.15) is 18.3 Å². The lowest BCUT2D eigenvalue weighted by atomic mass is 10.1. The van der Waals surface area contributed by atoms with Crippen LogP contribution in [0.25, 0.3) is 0 Å². The Labute approximate surface area is 98.5 Å². The molecule has 1 aromatic rings. The third-order valence-corrected chi connectivity index (χ3v) is 2.64. The van der Waals surface area contributed by atoms with Crippen LogP contribution in [0.15, 0.2) is 6.07 Å². The minimum absolute atomic E-state index is 0.158. The van der Waals surface area contributed by atoms with E-state index in [-0.39, 0.29) is 11.5 Å². The molecule has 0 aliphatic carbocycles. The topological polar surface area (TPSA) is 114 Å². The van der Waals surface area contributed by atoms with Crippen LogP contribution in [-0.2, 0) is 0 Å². The van der Waals surface area contributed by atoms with Gasteiger partial charge in [0, 0.05) is 17.0 Å². The Bertz CT molecular complexity index is 401. The summed E-state index contributed by atoms with van der Waals surface area (Å²) in [5.41, 5.74) is 1.23. The van der Waals surface area contributed by atoms with Crippen LogP contribution in [0.3, 0.4) is 0 Å². The Morgan fingerprint density at radius 2 is 2.00 bits per heavy atom. The number of nitrogens with one attached hydrogen (secondary N) is 1. The fourth-order valence-electron chi connectivity index (χ4n) is 1.61. The van der Waals surface area contributed by atoms with Gasteiger partial charge in [-0.2, -0.15) is 0 Å². The summed E-state index contributed by atoms with van der Waals surface area (Å²) < 4.78 is 0. The first-order valence-electron chi connectivity index (χ1n) is 5.24. The van der Waals surface area contributed by atoms with Crippen molar-refractivity contribution in [1.29, 1.82) is 0 Å². The largest absolute Gasteiger partial charge is 0.394 e. The summed E-state index contributed by atoms with van der Waals surface area (Å²) in [5.74, 6) is -0.158. The van der Waals surface area contributed by atoms with Crippen LogP contribution in [-0.4, -0.2) is 50.0 Å². The number of carbonyl (C=O) groups excluding carboxylic acids is 1. The van der Waals surface area contributed by atoms with Crippen molar-refractivity contribution < 1.29 is 25.2 Å². The average Bonchev–Trinajstić information content (AvgIpc) is 2.68. The average molecular weight is 243 g/mol. The van der Waals surface area contributed by atoms with Crippen LogP contribution in [0.1, 0.15) is 34.8 Å². The molecule has 1 heterocycles. The number of carbonyl (C=O) groups is 1. The van der Waals surface area contributed by atoms with Crippen molar-refractivity contribution in [2.24, 2.45) is 0 Å². The number of aliphatic hydroxyl groups excluding tert-OH is 4. The van der Waals surface area contributed by atoms with Crippen molar-refractivity contribution in [3.05, 3.63) is 23.0 Å². The second kappa shape index (κ2) is 5.42. The molecular formula is C11H17NO5. The zero-order chi connectivity index (χ0) is 13.2. The molecule has 1 aromatic heterocycles. The summed E-state index contributed by atoms with van der Waals surface area (Å²) in [6, 6.07) is 1.43. The maximum Gasteiger partial charge on any atom is 0.161 e. The number of H-pyrrole nitrogens is 1. The molecule has 0 saturated heterocycles. The van der Waals surface area contributed by atoms with E-state index < -0.39 is 24.9 Å². The summed E-state index contributed by atoms with van der Waals surface area (Å²) in [6.07, 6.45) is -4.34. The maximum atomic E-state index is 11.2. The van der Waals surface area contributed by atoms with E-state index in [0.29, 0.717) is 11.3 Å². The zero-order valence-corrected chi connectivity index (χ0v) is 9.71. The van der Waals surface area contributed by atoms with Gasteiger partial charge in [0.15, 0.2) is 5.78 Å². The highest BCUT2D eigenvalue weighted by Crippen LogP contribution is 2.21. The summed E-state index contributed by atoms with van der Waals surface area (Å²) in [6.45, 7) is 2.41. The molecule has 0 spiro atoms. The molecule has 0 radical (unpaired) electrons. The van der Waals surface area contributed by atoms with E-state index in [4.69, 9.17) is 5.11 Å². The quantitative estimate of drug-likeness (QED) is 0.438. The van der Waals surface area contributed by atoms with Crippen LogP contribution in [0.2, 0.25) is 0 Å². The minimum Gasteiger partial charge on any atom is -0.394 e. The van der Waals surface area contributed by atoms with Gasteiger partial charge in [-0.3, -0.25) is 4.79 Å². The van der Waals surface area contributed by atoms with E-state index in [1.54, 1.807) is 6.92 Å². The van der Waals surface area contributed by atoms with Crippen LogP contribution in [0.5, 0.6) is 0 Å². The van der Waals surface area contributed by atoms with Gasteiger partial charge in [-0.1, -0.05) is 0 Å². The maximum absolute atomic E-state index is 11.2. The predicted octanol–water partition coefficient (Wildman–Crippen LogP) is -0.727. The van der Waals surface area contributed by atoms with E-state index >= 15 is 0 Å². The van der Waals surface area contributed by atoms with Gasteiger partial charge in [-0.15, -0.1) is 0 Å². The number of ketones is 1. The van der Waals surface area contributed by atoms with Crippen molar-refractivity contribution in [1.82, 2.24) is 4.98 Å². The Kier molecular flexibility index (Phi) is 4.41. The first-order valence-corrected chi connectivity index (χ1v) is 5.24. The third kappa shape index (κ3) is 2.92. The Hall–Kier alpha value is -1.21. The van der Waals surface area contributed by atoms with Gasteiger partial charge in [0.2, 0.25) is 0 Å². The molecule has 0 aromatic carbocycles. The van der Waals surface area contributed by atoms with Crippen LogP contribution >= 0.6 is 0 Å². The summed E-state index contributed by atoms with van der Waals surface area (Å²) in [7, 11) is 0. The molecule has 0 amide bonds. The molecular weight excluding hydrogens is 226 g/mol. The molecule has 17 heavy (non-hydrogen) atoms. The lowest BCUT2D eigenvalue weighted by Gasteiger charge is -2.20. The third-order valence-electron chi connectivity index (χ3n) is 2.64. The molecule has 5 N–H and O–H groups in total. The van der Waals surface area contributed by atoms with Crippen molar-refractivity contribution in [3.63, 3.8) is 0 Å². The van der Waals surface area contributed by atoms with E-state index in [2.05, 4.69) is 4.98 Å². The molecule has 0 saturated carbocycles. The molecule has 0 fully saturated rings. The second-order valence-corrected chi connectivity index (χ2v) is 4.00. The molecule has 0 unspecified atom stereocenters. The van der Waals surface area contributed by atoms with E-state index in [9.17, 15) is 20.1 Å².